The maximum absolute atomic E-state index is 11.5. The number of aryl methyl sites for hydroxylation is 1. The summed E-state index contributed by atoms with van der Waals surface area (Å²) in [5.74, 6) is -0.602. The summed E-state index contributed by atoms with van der Waals surface area (Å²) in [6.07, 6.45) is 0.0111. The molecule has 20 heavy (non-hydrogen) atoms. The van der Waals surface area contributed by atoms with Crippen LogP contribution in [0.1, 0.15) is 36.3 Å². The van der Waals surface area contributed by atoms with Crippen LogP contribution in [-0.2, 0) is 9.53 Å². The minimum absolute atomic E-state index is 0.0111. The van der Waals surface area contributed by atoms with E-state index in [-0.39, 0.29) is 18.4 Å². The second kappa shape index (κ2) is 6.88. The molecule has 0 aliphatic carbocycles. The molecule has 6 heteroatoms. The summed E-state index contributed by atoms with van der Waals surface area (Å²) in [5.41, 5.74) is 0.942. The summed E-state index contributed by atoms with van der Waals surface area (Å²) in [6, 6.07) is 3.05. The van der Waals surface area contributed by atoms with E-state index in [0.717, 1.165) is 0 Å². The monoisotopic (exact) mass is 280 g/mol. The van der Waals surface area contributed by atoms with Crippen LogP contribution in [0.4, 0.5) is 5.82 Å². The van der Waals surface area contributed by atoms with E-state index in [9.17, 15) is 9.59 Å². The molecule has 1 aromatic rings. The Bertz CT molecular complexity index is 500. The fourth-order valence-corrected chi connectivity index (χ4v) is 1.80. The first-order chi connectivity index (χ1) is 9.35. The number of aliphatic carboxylic acids is 1. The number of carboxylic acid groups (broad SMARTS) is 1. The molecule has 0 saturated heterocycles. The van der Waals surface area contributed by atoms with E-state index in [0.29, 0.717) is 17.1 Å². The first-order valence-corrected chi connectivity index (χ1v) is 6.39. The molecule has 110 valence electrons. The highest BCUT2D eigenvalue weighted by Gasteiger charge is 2.18. The zero-order chi connectivity index (χ0) is 15.3. The molecule has 2 N–H and O–H groups in total. The van der Waals surface area contributed by atoms with E-state index in [1.807, 2.05) is 13.8 Å². The van der Waals surface area contributed by atoms with E-state index in [1.165, 1.54) is 7.11 Å². The van der Waals surface area contributed by atoms with E-state index < -0.39 is 11.9 Å². The molecule has 0 amide bonds. The van der Waals surface area contributed by atoms with Gasteiger partial charge in [0.25, 0.3) is 0 Å². The van der Waals surface area contributed by atoms with Gasteiger partial charge in [-0.15, -0.1) is 0 Å². The second-order valence-corrected chi connectivity index (χ2v) is 4.91. The second-order valence-electron chi connectivity index (χ2n) is 4.91. The van der Waals surface area contributed by atoms with Crippen LogP contribution in [0.5, 0.6) is 0 Å². The van der Waals surface area contributed by atoms with Gasteiger partial charge in [0.15, 0.2) is 0 Å². The predicted octanol–water partition coefficient (Wildman–Crippen LogP) is 2.09. The number of pyridine rings is 1. The lowest BCUT2D eigenvalue weighted by molar-refractivity contribution is -0.137. The maximum Gasteiger partial charge on any atom is 0.339 e. The van der Waals surface area contributed by atoms with Crippen molar-refractivity contribution in [3.8, 4) is 0 Å². The number of carbonyl (C=O) groups is 2. The molecule has 0 saturated carbocycles. The van der Waals surface area contributed by atoms with Gasteiger partial charge in [0.2, 0.25) is 0 Å². The number of esters is 1. The van der Waals surface area contributed by atoms with E-state index in [1.54, 1.807) is 19.1 Å². The van der Waals surface area contributed by atoms with Crippen molar-refractivity contribution in [3.05, 3.63) is 23.4 Å². The highest BCUT2D eigenvalue weighted by molar-refractivity contribution is 5.90. The standard InChI is InChI=1S/C14H20N2O4/c1-8(2)11(7-13(17)18)16-12-6-5-10(9(3)15-12)14(19)20-4/h5-6,8,11H,7H2,1-4H3,(H,15,16)(H,17,18). The van der Waals surface area contributed by atoms with Crippen LogP contribution in [-0.4, -0.2) is 35.2 Å². The first-order valence-electron chi connectivity index (χ1n) is 6.39. The number of hydrogen-bond acceptors (Lipinski definition) is 5. The van der Waals surface area contributed by atoms with Crippen molar-refractivity contribution in [2.24, 2.45) is 5.92 Å². The molecule has 0 spiro atoms. The molecule has 0 bridgehead atoms. The van der Waals surface area contributed by atoms with Crippen molar-refractivity contribution in [3.63, 3.8) is 0 Å². The highest BCUT2D eigenvalue weighted by atomic mass is 16.5. The molecule has 0 radical (unpaired) electrons. The molecule has 0 fully saturated rings. The molecule has 0 aromatic carbocycles. The van der Waals surface area contributed by atoms with Crippen LogP contribution in [0.15, 0.2) is 12.1 Å². The molecule has 6 nitrogen and oxygen atoms in total. The average Bonchev–Trinajstić information content (AvgIpc) is 2.36. The number of carboxylic acids is 1. The molecule has 1 atom stereocenters. The first kappa shape index (κ1) is 15.9. The van der Waals surface area contributed by atoms with Crippen LogP contribution in [0, 0.1) is 12.8 Å². The van der Waals surface area contributed by atoms with Crippen LogP contribution in [0.2, 0.25) is 0 Å². The Morgan fingerprint density at radius 3 is 2.50 bits per heavy atom. The summed E-state index contributed by atoms with van der Waals surface area (Å²) in [7, 11) is 1.32. The third kappa shape index (κ3) is 4.22. The third-order valence-electron chi connectivity index (χ3n) is 3.02. The van der Waals surface area contributed by atoms with Crippen LogP contribution in [0.25, 0.3) is 0 Å². The topological polar surface area (TPSA) is 88.5 Å². The number of nitrogens with zero attached hydrogens (tertiary/aromatic N) is 1. The molecule has 1 rings (SSSR count). The van der Waals surface area contributed by atoms with Crippen molar-refractivity contribution in [2.45, 2.75) is 33.2 Å². The number of anilines is 1. The molecule has 1 heterocycles. The minimum atomic E-state index is -0.862. The molecule has 1 unspecified atom stereocenters. The summed E-state index contributed by atoms with van der Waals surface area (Å²) in [5, 5.41) is 12.0. The lowest BCUT2D eigenvalue weighted by atomic mass is 10.0. The number of aromatic nitrogens is 1. The third-order valence-corrected chi connectivity index (χ3v) is 3.02. The van der Waals surface area contributed by atoms with Gasteiger partial charge in [0.05, 0.1) is 24.8 Å². The normalized spacial score (nSPS) is 12.1. The van der Waals surface area contributed by atoms with Crippen molar-refractivity contribution >= 4 is 17.8 Å². The van der Waals surface area contributed by atoms with Gasteiger partial charge in [-0.2, -0.15) is 0 Å². The Morgan fingerprint density at radius 2 is 2.05 bits per heavy atom. The lowest BCUT2D eigenvalue weighted by Gasteiger charge is -2.21. The van der Waals surface area contributed by atoms with Gasteiger partial charge in [-0.3, -0.25) is 4.79 Å². The number of ether oxygens (including phenoxy) is 1. The minimum Gasteiger partial charge on any atom is -0.481 e. The Labute approximate surface area is 118 Å². The van der Waals surface area contributed by atoms with Crippen LogP contribution < -0.4 is 5.32 Å². The molecule has 0 aliphatic rings. The van der Waals surface area contributed by atoms with Crippen molar-refractivity contribution < 1.29 is 19.4 Å². The number of rotatable bonds is 6. The molecular formula is C14H20N2O4. The number of hydrogen-bond donors (Lipinski definition) is 2. The summed E-state index contributed by atoms with van der Waals surface area (Å²) < 4.78 is 4.65. The Morgan fingerprint density at radius 1 is 1.40 bits per heavy atom. The Kier molecular flexibility index (Phi) is 5.49. The Balaban J connectivity index is 2.89. The van der Waals surface area contributed by atoms with Crippen molar-refractivity contribution in [1.82, 2.24) is 4.98 Å². The molecule has 0 aliphatic heterocycles. The van der Waals surface area contributed by atoms with Gasteiger partial charge in [0.1, 0.15) is 5.82 Å². The van der Waals surface area contributed by atoms with Crippen molar-refractivity contribution in [1.29, 1.82) is 0 Å². The zero-order valence-corrected chi connectivity index (χ0v) is 12.1. The van der Waals surface area contributed by atoms with Gasteiger partial charge in [-0.1, -0.05) is 13.8 Å². The van der Waals surface area contributed by atoms with Gasteiger partial charge < -0.3 is 15.2 Å². The van der Waals surface area contributed by atoms with E-state index in [2.05, 4.69) is 15.0 Å². The average molecular weight is 280 g/mol. The van der Waals surface area contributed by atoms with Crippen LogP contribution >= 0.6 is 0 Å². The van der Waals surface area contributed by atoms with Gasteiger partial charge in [0, 0.05) is 6.04 Å². The zero-order valence-electron chi connectivity index (χ0n) is 12.1. The van der Waals surface area contributed by atoms with Gasteiger partial charge in [-0.05, 0) is 25.0 Å². The summed E-state index contributed by atoms with van der Waals surface area (Å²) in [6.45, 7) is 5.59. The largest absolute Gasteiger partial charge is 0.481 e. The van der Waals surface area contributed by atoms with E-state index >= 15 is 0 Å². The number of carbonyl (C=O) groups excluding carboxylic acids is 1. The van der Waals surface area contributed by atoms with Gasteiger partial charge in [-0.25, -0.2) is 9.78 Å². The fourth-order valence-electron chi connectivity index (χ4n) is 1.80. The van der Waals surface area contributed by atoms with Crippen molar-refractivity contribution in [2.75, 3.05) is 12.4 Å². The Hall–Kier alpha value is -2.11. The smallest absolute Gasteiger partial charge is 0.339 e. The fraction of sp³-hybridized carbons (Fsp3) is 0.500. The molecule has 1 aromatic heterocycles. The highest BCUT2D eigenvalue weighted by Crippen LogP contribution is 2.16. The maximum atomic E-state index is 11.5. The lowest BCUT2D eigenvalue weighted by Crippen LogP contribution is -2.29. The number of methoxy groups -OCH3 is 1. The quantitative estimate of drug-likeness (QED) is 0.776. The van der Waals surface area contributed by atoms with Gasteiger partial charge >= 0.3 is 11.9 Å². The SMILES string of the molecule is COC(=O)c1ccc(NC(CC(=O)O)C(C)C)nc1C. The predicted molar refractivity (Wildman–Crippen MR) is 74.8 cm³/mol. The summed E-state index contributed by atoms with van der Waals surface area (Å²) >= 11 is 0. The number of nitrogens with one attached hydrogen (secondary N) is 1. The van der Waals surface area contributed by atoms with E-state index in [4.69, 9.17) is 5.11 Å². The van der Waals surface area contributed by atoms with Crippen LogP contribution in [0.3, 0.4) is 0 Å². The molecular weight excluding hydrogens is 260 g/mol. The summed E-state index contributed by atoms with van der Waals surface area (Å²) in [4.78, 5) is 26.6.